The van der Waals surface area contributed by atoms with Gasteiger partial charge in [0, 0.05) is 12.5 Å². The second-order valence-electron chi connectivity index (χ2n) is 6.18. The number of carbonyl (C=O) groups is 1. The zero-order valence-electron chi connectivity index (χ0n) is 15.6. The topological polar surface area (TPSA) is 73.6 Å². The number of rotatable bonds is 7. The van der Waals surface area contributed by atoms with Gasteiger partial charge in [-0.2, -0.15) is 0 Å². The number of carbonyl (C=O) groups excluding carboxylic acids is 1. The van der Waals surface area contributed by atoms with Crippen molar-refractivity contribution in [3.63, 3.8) is 0 Å². The van der Waals surface area contributed by atoms with E-state index < -0.39 is 0 Å². The standard InChI is InChI=1S/C21H22N2O4/c1-14(16-6-10-19(26-3)11-7-16)22-21(24)20-13-17(23-27-20)12-15-4-8-18(25-2)9-5-15/h4-11,13-14H,12H2,1-3H3,(H,22,24)/t14-/m1/s1. The molecule has 6 heteroatoms. The molecule has 3 aromatic rings. The largest absolute Gasteiger partial charge is 0.497 e. The minimum absolute atomic E-state index is 0.168. The molecule has 0 saturated carbocycles. The van der Waals surface area contributed by atoms with Crippen LogP contribution in [-0.2, 0) is 6.42 Å². The Labute approximate surface area is 158 Å². The van der Waals surface area contributed by atoms with Gasteiger partial charge in [-0.3, -0.25) is 4.79 Å². The minimum Gasteiger partial charge on any atom is -0.497 e. The molecule has 0 bridgehead atoms. The molecule has 0 aliphatic heterocycles. The fourth-order valence-corrected chi connectivity index (χ4v) is 2.70. The van der Waals surface area contributed by atoms with Crippen LogP contribution in [0.1, 0.15) is 40.3 Å². The number of nitrogens with zero attached hydrogens (tertiary/aromatic N) is 1. The van der Waals surface area contributed by atoms with Gasteiger partial charge in [-0.05, 0) is 42.3 Å². The highest BCUT2D eigenvalue weighted by molar-refractivity contribution is 5.91. The van der Waals surface area contributed by atoms with Gasteiger partial charge in [0.15, 0.2) is 0 Å². The Bertz CT molecular complexity index is 885. The predicted molar refractivity (Wildman–Crippen MR) is 101 cm³/mol. The van der Waals surface area contributed by atoms with Crippen molar-refractivity contribution >= 4 is 5.91 Å². The monoisotopic (exact) mass is 366 g/mol. The maximum absolute atomic E-state index is 12.4. The summed E-state index contributed by atoms with van der Waals surface area (Å²) in [5.41, 5.74) is 2.73. The van der Waals surface area contributed by atoms with Gasteiger partial charge in [0.2, 0.25) is 5.76 Å². The molecule has 0 fully saturated rings. The summed E-state index contributed by atoms with van der Waals surface area (Å²) in [4.78, 5) is 12.4. The van der Waals surface area contributed by atoms with E-state index in [2.05, 4.69) is 10.5 Å². The summed E-state index contributed by atoms with van der Waals surface area (Å²) in [5, 5.41) is 6.91. The Morgan fingerprint density at radius 1 is 1.04 bits per heavy atom. The van der Waals surface area contributed by atoms with Crippen LogP contribution in [0.25, 0.3) is 0 Å². The molecule has 27 heavy (non-hydrogen) atoms. The normalized spacial score (nSPS) is 11.7. The average Bonchev–Trinajstić information content (AvgIpc) is 3.17. The molecule has 1 heterocycles. The molecule has 2 aromatic carbocycles. The van der Waals surface area contributed by atoms with Crippen molar-refractivity contribution < 1.29 is 18.8 Å². The van der Waals surface area contributed by atoms with Crippen molar-refractivity contribution in [1.29, 1.82) is 0 Å². The summed E-state index contributed by atoms with van der Waals surface area (Å²) >= 11 is 0. The fourth-order valence-electron chi connectivity index (χ4n) is 2.70. The summed E-state index contributed by atoms with van der Waals surface area (Å²) in [6, 6.07) is 16.7. The summed E-state index contributed by atoms with van der Waals surface area (Å²) in [6.07, 6.45) is 0.578. The highest BCUT2D eigenvalue weighted by Gasteiger charge is 2.16. The van der Waals surface area contributed by atoms with Crippen LogP contribution in [0.2, 0.25) is 0 Å². The third-order valence-electron chi connectivity index (χ3n) is 4.29. The number of hydrogen-bond donors (Lipinski definition) is 1. The number of nitrogens with one attached hydrogen (secondary N) is 1. The predicted octanol–water partition coefficient (Wildman–Crippen LogP) is 3.77. The molecule has 1 amide bonds. The van der Waals surface area contributed by atoms with E-state index in [4.69, 9.17) is 14.0 Å². The third kappa shape index (κ3) is 4.67. The zero-order valence-corrected chi connectivity index (χ0v) is 15.6. The van der Waals surface area contributed by atoms with Crippen molar-refractivity contribution in [1.82, 2.24) is 10.5 Å². The molecule has 3 rings (SSSR count). The minimum atomic E-state index is -0.299. The molecular formula is C21H22N2O4. The summed E-state index contributed by atoms with van der Waals surface area (Å²) in [5.74, 6) is 1.47. The summed E-state index contributed by atoms with van der Waals surface area (Å²) < 4.78 is 15.5. The third-order valence-corrected chi connectivity index (χ3v) is 4.29. The van der Waals surface area contributed by atoms with Gasteiger partial charge in [-0.25, -0.2) is 0 Å². The second kappa shape index (κ2) is 8.40. The van der Waals surface area contributed by atoms with Crippen LogP contribution in [0.15, 0.2) is 59.1 Å². The average molecular weight is 366 g/mol. The first-order chi connectivity index (χ1) is 13.1. The van der Waals surface area contributed by atoms with E-state index in [0.29, 0.717) is 12.1 Å². The summed E-state index contributed by atoms with van der Waals surface area (Å²) in [6.45, 7) is 1.91. The van der Waals surface area contributed by atoms with E-state index >= 15 is 0 Å². The highest BCUT2D eigenvalue weighted by Crippen LogP contribution is 2.19. The smallest absolute Gasteiger partial charge is 0.290 e. The maximum Gasteiger partial charge on any atom is 0.290 e. The molecule has 0 aliphatic carbocycles. The Morgan fingerprint density at radius 3 is 2.22 bits per heavy atom. The molecule has 0 unspecified atom stereocenters. The lowest BCUT2D eigenvalue weighted by atomic mass is 10.1. The molecule has 1 atom stereocenters. The Hall–Kier alpha value is -3.28. The van der Waals surface area contributed by atoms with Gasteiger partial charge in [0.05, 0.1) is 26.0 Å². The molecule has 6 nitrogen and oxygen atoms in total. The van der Waals surface area contributed by atoms with E-state index in [1.54, 1.807) is 20.3 Å². The lowest BCUT2D eigenvalue weighted by Crippen LogP contribution is -2.26. The van der Waals surface area contributed by atoms with Gasteiger partial charge in [0.25, 0.3) is 5.91 Å². The van der Waals surface area contributed by atoms with Crippen molar-refractivity contribution in [3.05, 3.63) is 77.2 Å². The SMILES string of the molecule is COc1ccc(Cc2cc(C(=O)N[C@H](C)c3ccc(OC)cc3)on2)cc1. The molecule has 0 saturated heterocycles. The first-order valence-corrected chi connectivity index (χ1v) is 8.62. The van der Waals surface area contributed by atoms with Crippen LogP contribution in [0.3, 0.4) is 0 Å². The van der Waals surface area contributed by atoms with E-state index in [0.717, 1.165) is 22.6 Å². The van der Waals surface area contributed by atoms with E-state index in [9.17, 15) is 4.79 Å². The molecule has 1 aromatic heterocycles. The Morgan fingerprint density at radius 2 is 1.63 bits per heavy atom. The first-order valence-electron chi connectivity index (χ1n) is 8.62. The molecule has 140 valence electrons. The molecule has 0 aliphatic rings. The number of hydrogen-bond acceptors (Lipinski definition) is 5. The lowest BCUT2D eigenvalue weighted by Gasteiger charge is -2.13. The maximum atomic E-state index is 12.4. The number of ether oxygens (including phenoxy) is 2. The quantitative estimate of drug-likeness (QED) is 0.689. The van der Waals surface area contributed by atoms with Crippen molar-refractivity contribution in [2.24, 2.45) is 0 Å². The number of aromatic nitrogens is 1. The fraction of sp³-hybridized carbons (Fsp3) is 0.238. The molecule has 1 N–H and O–H groups in total. The number of benzene rings is 2. The van der Waals surface area contributed by atoms with Gasteiger partial charge in [-0.1, -0.05) is 29.4 Å². The first kappa shape index (κ1) is 18.5. The van der Waals surface area contributed by atoms with Crippen LogP contribution in [0.5, 0.6) is 11.5 Å². The van der Waals surface area contributed by atoms with E-state index in [1.807, 2.05) is 55.5 Å². The molecule has 0 radical (unpaired) electrons. The summed E-state index contributed by atoms with van der Waals surface area (Å²) in [7, 11) is 3.25. The van der Waals surface area contributed by atoms with E-state index in [1.165, 1.54) is 0 Å². The van der Waals surface area contributed by atoms with Crippen LogP contribution < -0.4 is 14.8 Å². The van der Waals surface area contributed by atoms with Gasteiger partial charge in [-0.15, -0.1) is 0 Å². The number of amides is 1. The zero-order chi connectivity index (χ0) is 19.2. The van der Waals surface area contributed by atoms with Crippen LogP contribution in [0, 0.1) is 0 Å². The number of methoxy groups -OCH3 is 2. The highest BCUT2D eigenvalue weighted by atomic mass is 16.5. The van der Waals surface area contributed by atoms with Gasteiger partial charge < -0.3 is 19.3 Å². The Kier molecular flexibility index (Phi) is 5.76. The lowest BCUT2D eigenvalue weighted by molar-refractivity contribution is 0.0902. The van der Waals surface area contributed by atoms with Gasteiger partial charge >= 0.3 is 0 Å². The van der Waals surface area contributed by atoms with Crippen LogP contribution >= 0.6 is 0 Å². The second-order valence-corrected chi connectivity index (χ2v) is 6.18. The van der Waals surface area contributed by atoms with Crippen molar-refractivity contribution in [3.8, 4) is 11.5 Å². The van der Waals surface area contributed by atoms with Crippen molar-refractivity contribution in [2.45, 2.75) is 19.4 Å². The molecule has 0 spiro atoms. The van der Waals surface area contributed by atoms with Crippen molar-refractivity contribution in [2.75, 3.05) is 14.2 Å². The van der Waals surface area contributed by atoms with Gasteiger partial charge in [0.1, 0.15) is 11.5 Å². The van der Waals surface area contributed by atoms with Crippen LogP contribution in [-0.4, -0.2) is 25.3 Å². The van der Waals surface area contributed by atoms with E-state index in [-0.39, 0.29) is 17.7 Å². The van der Waals surface area contributed by atoms with Crippen LogP contribution in [0.4, 0.5) is 0 Å². The Balaban J connectivity index is 1.61. The molecular weight excluding hydrogens is 344 g/mol.